The summed E-state index contributed by atoms with van der Waals surface area (Å²) in [7, 11) is 0. The topological polar surface area (TPSA) is 35.5 Å². The third-order valence-corrected chi connectivity index (χ3v) is 1.28. The Morgan fingerprint density at radius 1 is 1.13 bits per heavy atom. The summed E-state index contributed by atoms with van der Waals surface area (Å²) in [6.45, 7) is 0.966. The summed E-state index contributed by atoms with van der Waals surface area (Å²) in [5, 5.41) is 0. The molecule has 0 aromatic rings. The van der Waals surface area contributed by atoms with Crippen molar-refractivity contribution in [3.05, 3.63) is 0 Å². The number of carbonyl (C=O) groups is 1. The average molecular weight is 236 g/mol. The predicted octanol–water partition coefficient (Wildman–Crippen LogP) is 1.76. The summed E-state index contributed by atoms with van der Waals surface area (Å²) in [5.41, 5.74) is 0. The van der Waals surface area contributed by atoms with E-state index in [0.717, 1.165) is 0 Å². The molecule has 0 aromatic heterocycles. The molecule has 0 saturated carbocycles. The van der Waals surface area contributed by atoms with Gasteiger partial charge < -0.3 is 9.47 Å². The third-order valence-electron chi connectivity index (χ3n) is 1.28. The standard InChI is InChI=1S/C7H9F5O3/c1-2-14-3-4-15-5(13)6(8,9)7(10,11)12/h2-4H2,1H3. The van der Waals surface area contributed by atoms with E-state index in [1.54, 1.807) is 6.92 Å². The molecule has 0 aliphatic carbocycles. The zero-order valence-electron chi connectivity index (χ0n) is 7.74. The molecule has 0 aliphatic rings. The maximum absolute atomic E-state index is 12.2. The minimum absolute atomic E-state index is 0.226. The number of rotatable bonds is 5. The van der Waals surface area contributed by atoms with Crippen LogP contribution < -0.4 is 0 Å². The monoisotopic (exact) mass is 236 g/mol. The highest BCUT2D eigenvalue weighted by Gasteiger charge is 2.64. The molecule has 0 N–H and O–H groups in total. The molecule has 0 rings (SSSR count). The predicted molar refractivity (Wildman–Crippen MR) is 38.5 cm³/mol. The molecule has 0 saturated heterocycles. The van der Waals surface area contributed by atoms with Gasteiger partial charge in [0.15, 0.2) is 0 Å². The van der Waals surface area contributed by atoms with Gasteiger partial charge in [-0.25, -0.2) is 4.79 Å². The minimum atomic E-state index is -5.93. The van der Waals surface area contributed by atoms with Crippen LogP contribution in [0.2, 0.25) is 0 Å². The molecular weight excluding hydrogens is 227 g/mol. The lowest BCUT2D eigenvalue weighted by Crippen LogP contribution is -2.45. The summed E-state index contributed by atoms with van der Waals surface area (Å²) < 4.78 is 67.4. The smallest absolute Gasteiger partial charge is 0.459 e. The number of carbonyl (C=O) groups excluding carboxylic acids is 1. The van der Waals surface area contributed by atoms with Crippen LogP contribution in [0.15, 0.2) is 0 Å². The number of hydrogen-bond acceptors (Lipinski definition) is 3. The van der Waals surface area contributed by atoms with Gasteiger partial charge in [0.05, 0.1) is 6.61 Å². The Labute approximate surface area is 82.1 Å². The first kappa shape index (κ1) is 14.1. The Balaban J connectivity index is 4.10. The van der Waals surface area contributed by atoms with Gasteiger partial charge in [-0.1, -0.05) is 0 Å². The Kier molecular flexibility index (Phi) is 4.92. The van der Waals surface area contributed by atoms with Crippen LogP contribution >= 0.6 is 0 Å². The Bertz CT molecular complexity index is 213. The quantitative estimate of drug-likeness (QED) is 0.414. The maximum atomic E-state index is 12.2. The van der Waals surface area contributed by atoms with Gasteiger partial charge in [-0.3, -0.25) is 0 Å². The van der Waals surface area contributed by atoms with E-state index in [0.29, 0.717) is 0 Å². The van der Waals surface area contributed by atoms with Gasteiger partial charge in [0.2, 0.25) is 0 Å². The van der Waals surface area contributed by atoms with E-state index in [-0.39, 0.29) is 13.2 Å². The fraction of sp³-hybridized carbons (Fsp3) is 0.857. The third kappa shape index (κ3) is 3.98. The van der Waals surface area contributed by atoms with Crippen LogP contribution in [0.3, 0.4) is 0 Å². The summed E-state index contributed by atoms with van der Waals surface area (Å²) in [6, 6.07) is 0. The van der Waals surface area contributed by atoms with E-state index in [1.165, 1.54) is 0 Å². The van der Waals surface area contributed by atoms with Crippen molar-refractivity contribution in [3.8, 4) is 0 Å². The van der Waals surface area contributed by atoms with Crippen molar-refractivity contribution in [1.82, 2.24) is 0 Å². The highest BCUT2D eigenvalue weighted by Crippen LogP contribution is 2.36. The minimum Gasteiger partial charge on any atom is -0.459 e. The summed E-state index contributed by atoms with van der Waals surface area (Å²) >= 11 is 0. The van der Waals surface area contributed by atoms with Crippen LogP contribution in [0, 0.1) is 0 Å². The Hall–Kier alpha value is -0.920. The fourth-order valence-electron chi connectivity index (χ4n) is 0.544. The van der Waals surface area contributed by atoms with Gasteiger partial charge in [-0.05, 0) is 6.92 Å². The second kappa shape index (κ2) is 5.24. The summed E-state index contributed by atoms with van der Waals surface area (Å²) in [4.78, 5) is 10.3. The van der Waals surface area contributed by atoms with E-state index in [2.05, 4.69) is 9.47 Å². The highest BCUT2D eigenvalue weighted by atomic mass is 19.4. The molecule has 0 bridgehead atoms. The van der Waals surface area contributed by atoms with Crippen LogP contribution in [0.4, 0.5) is 22.0 Å². The molecule has 8 heteroatoms. The molecule has 90 valence electrons. The molecule has 0 amide bonds. The highest BCUT2D eigenvalue weighted by molar-refractivity contribution is 5.78. The fourth-order valence-corrected chi connectivity index (χ4v) is 0.544. The molecule has 0 spiro atoms. The second-order valence-corrected chi connectivity index (χ2v) is 2.40. The largest absolute Gasteiger partial charge is 0.465 e. The number of hydrogen-bond donors (Lipinski definition) is 0. The summed E-state index contributed by atoms with van der Waals surface area (Å²) in [5.74, 6) is -8.09. The first-order chi connectivity index (χ1) is 6.73. The number of alkyl halides is 5. The Morgan fingerprint density at radius 2 is 1.67 bits per heavy atom. The molecule has 0 aliphatic heterocycles. The molecule has 3 nitrogen and oxygen atoms in total. The first-order valence-corrected chi connectivity index (χ1v) is 3.93. The lowest BCUT2D eigenvalue weighted by Gasteiger charge is -2.17. The van der Waals surface area contributed by atoms with Gasteiger partial charge in [-0.2, -0.15) is 22.0 Å². The van der Waals surface area contributed by atoms with Crippen molar-refractivity contribution in [2.75, 3.05) is 19.8 Å². The van der Waals surface area contributed by atoms with E-state index < -0.39 is 24.7 Å². The van der Waals surface area contributed by atoms with E-state index >= 15 is 0 Å². The normalized spacial score (nSPS) is 12.7. The lowest BCUT2D eigenvalue weighted by molar-refractivity contribution is -0.280. The van der Waals surface area contributed by atoms with Gasteiger partial charge in [0, 0.05) is 6.61 Å². The van der Waals surface area contributed by atoms with Crippen LogP contribution in [-0.2, 0) is 14.3 Å². The van der Waals surface area contributed by atoms with E-state index in [9.17, 15) is 26.7 Å². The van der Waals surface area contributed by atoms with E-state index in [4.69, 9.17) is 0 Å². The SMILES string of the molecule is CCOCCOC(=O)C(F)(F)C(F)(F)F. The van der Waals surface area contributed by atoms with Crippen LogP contribution in [0.25, 0.3) is 0 Å². The van der Waals surface area contributed by atoms with Crippen LogP contribution in [-0.4, -0.2) is 37.9 Å². The average Bonchev–Trinajstić information content (AvgIpc) is 2.10. The lowest BCUT2D eigenvalue weighted by atomic mass is 10.3. The maximum Gasteiger partial charge on any atom is 0.465 e. The van der Waals surface area contributed by atoms with E-state index in [1.807, 2.05) is 0 Å². The molecule has 0 heterocycles. The first-order valence-electron chi connectivity index (χ1n) is 3.93. The van der Waals surface area contributed by atoms with Crippen molar-refractivity contribution < 1.29 is 36.2 Å². The van der Waals surface area contributed by atoms with Gasteiger partial charge in [0.25, 0.3) is 0 Å². The molecule has 0 aromatic carbocycles. The second-order valence-electron chi connectivity index (χ2n) is 2.40. The van der Waals surface area contributed by atoms with Crippen molar-refractivity contribution in [3.63, 3.8) is 0 Å². The zero-order valence-corrected chi connectivity index (χ0v) is 7.74. The van der Waals surface area contributed by atoms with Crippen molar-refractivity contribution in [2.45, 2.75) is 19.0 Å². The van der Waals surface area contributed by atoms with Gasteiger partial charge in [0.1, 0.15) is 6.61 Å². The number of ether oxygens (including phenoxy) is 2. The van der Waals surface area contributed by atoms with Gasteiger partial charge in [-0.15, -0.1) is 0 Å². The van der Waals surface area contributed by atoms with Crippen molar-refractivity contribution >= 4 is 5.97 Å². The van der Waals surface area contributed by atoms with Crippen molar-refractivity contribution in [2.24, 2.45) is 0 Å². The molecule has 0 atom stereocenters. The molecular formula is C7H9F5O3. The number of esters is 1. The summed E-state index contributed by atoms with van der Waals surface area (Å²) in [6.07, 6.45) is -5.93. The number of halogens is 5. The van der Waals surface area contributed by atoms with Crippen LogP contribution in [0.1, 0.15) is 6.92 Å². The molecule has 0 fully saturated rings. The zero-order chi connectivity index (χ0) is 12.1. The van der Waals surface area contributed by atoms with Crippen LogP contribution in [0.5, 0.6) is 0 Å². The van der Waals surface area contributed by atoms with Gasteiger partial charge >= 0.3 is 18.1 Å². The van der Waals surface area contributed by atoms with Crippen molar-refractivity contribution in [1.29, 1.82) is 0 Å². The Morgan fingerprint density at radius 3 is 2.07 bits per heavy atom. The molecule has 15 heavy (non-hydrogen) atoms. The molecule has 0 unspecified atom stereocenters. The molecule has 0 radical (unpaired) electrons.